The lowest BCUT2D eigenvalue weighted by Crippen LogP contribution is -2.05. The predicted octanol–water partition coefficient (Wildman–Crippen LogP) is 1.34. The van der Waals surface area contributed by atoms with Gasteiger partial charge in [-0.25, -0.2) is 0 Å². The van der Waals surface area contributed by atoms with E-state index in [0.717, 1.165) is 18.2 Å². The largest absolute Gasteiger partial charge is 0.295 e. The molecule has 0 spiro atoms. The molecule has 0 amide bonds. The number of hydrogen-bond acceptors (Lipinski definition) is 6. The molecule has 0 aliphatic rings. The van der Waals surface area contributed by atoms with Crippen molar-refractivity contribution in [1.29, 1.82) is 0 Å². The number of rotatable bonds is 3. The van der Waals surface area contributed by atoms with Gasteiger partial charge < -0.3 is 0 Å². The van der Waals surface area contributed by atoms with E-state index in [0.29, 0.717) is 6.07 Å². The highest BCUT2D eigenvalue weighted by molar-refractivity contribution is 9.10. The van der Waals surface area contributed by atoms with Gasteiger partial charge in [-0.15, -0.1) is 0 Å². The van der Waals surface area contributed by atoms with Crippen LogP contribution < -0.4 is 0 Å². The highest BCUT2D eigenvalue weighted by Gasteiger charge is 2.23. The first kappa shape index (κ1) is 18.3. The summed E-state index contributed by atoms with van der Waals surface area (Å²) in [6.45, 7) is 0. The van der Waals surface area contributed by atoms with Gasteiger partial charge in [0.2, 0.25) is 0 Å². The van der Waals surface area contributed by atoms with Gasteiger partial charge in [-0.3, -0.25) is 13.7 Å². The fraction of sp³-hybridized carbons (Fsp3) is 0. The van der Waals surface area contributed by atoms with Gasteiger partial charge in [0.15, 0.2) is 0 Å². The van der Waals surface area contributed by atoms with E-state index in [4.69, 9.17) is 9.11 Å². The van der Waals surface area contributed by atoms with Crippen molar-refractivity contribution >= 4 is 57.1 Å². The monoisotopic (exact) mass is 446 g/mol. The third kappa shape index (κ3) is 3.71. The molecule has 2 aromatic carbocycles. The lowest BCUT2D eigenvalue weighted by atomic mass is 10.1. The summed E-state index contributed by atoms with van der Waals surface area (Å²) in [5.41, 5.74) is 0. The lowest BCUT2D eigenvalue weighted by Gasteiger charge is -2.09. The minimum atomic E-state index is -4.89. The van der Waals surface area contributed by atoms with Crippen LogP contribution in [0.2, 0.25) is 0 Å². The molecule has 0 aromatic heterocycles. The normalized spacial score (nSPS) is 13.4. The third-order valence-corrected chi connectivity index (χ3v) is 6.33. The summed E-state index contributed by atoms with van der Waals surface area (Å²) < 4.78 is 94.9. The number of halogens is 1. The molecule has 0 atom stereocenters. The van der Waals surface area contributed by atoms with Gasteiger partial charge in [0, 0.05) is 9.86 Å². The van der Waals surface area contributed by atoms with Crippen molar-refractivity contribution in [2.24, 2.45) is 0 Å². The average Bonchev–Trinajstić information content (AvgIpc) is 2.32. The number of benzene rings is 2. The van der Waals surface area contributed by atoms with E-state index < -0.39 is 45.0 Å². The van der Waals surface area contributed by atoms with Gasteiger partial charge in [0.05, 0.1) is 4.90 Å². The summed E-state index contributed by atoms with van der Waals surface area (Å²) in [6, 6.07) is 3.07. The van der Waals surface area contributed by atoms with Gasteiger partial charge in [0.25, 0.3) is 30.4 Å². The topological polar surface area (TPSA) is 163 Å². The Labute approximate surface area is 139 Å². The van der Waals surface area contributed by atoms with Crippen molar-refractivity contribution in [2.45, 2.75) is 14.7 Å². The molecule has 0 aliphatic carbocycles. The van der Waals surface area contributed by atoms with Crippen molar-refractivity contribution in [3.8, 4) is 0 Å². The maximum absolute atomic E-state index is 11.4. The first-order chi connectivity index (χ1) is 10.2. The van der Waals surface area contributed by atoms with Crippen LogP contribution >= 0.6 is 15.9 Å². The van der Waals surface area contributed by atoms with E-state index >= 15 is 0 Å². The minimum absolute atomic E-state index is 0.211. The lowest BCUT2D eigenvalue weighted by molar-refractivity contribution is 0.480. The Kier molecular flexibility index (Phi) is 4.34. The Hall–Kier alpha value is -1.09. The molecule has 0 saturated heterocycles. The maximum atomic E-state index is 11.4. The van der Waals surface area contributed by atoms with Gasteiger partial charge in [-0.05, 0) is 45.6 Å². The highest BCUT2D eigenvalue weighted by Crippen LogP contribution is 2.33. The Balaban J connectivity index is 3.10. The Bertz CT molecular complexity index is 1130. The van der Waals surface area contributed by atoms with Crippen molar-refractivity contribution in [3.05, 3.63) is 28.7 Å². The zero-order chi connectivity index (χ0) is 17.8. The van der Waals surface area contributed by atoms with E-state index in [1.165, 1.54) is 0 Å². The van der Waals surface area contributed by atoms with E-state index in [1.54, 1.807) is 0 Å². The maximum Gasteiger partial charge on any atom is 0.295 e. The van der Waals surface area contributed by atoms with Crippen LogP contribution in [0.3, 0.4) is 0 Å². The fourth-order valence-corrected chi connectivity index (χ4v) is 4.75. The second kappa shape index (κ2) is 5.47. The molecule has 2 aromatic rings. The molecule has 3 N–H and O–H groups in total. The molecule has 0 radical (unpaired) electrons. The first-order valence-corrected chi connectivity index (χ1v) is 10.5. The van der Waals surface area contributed by atoms with E-state index in [9.17, 15) is 29.8 Å². The standard InChI is InChI=1S/C10H7BrO9S3/c11-8-4-7-5(2-10(8)23(18,19)20)1-6(21(12,13)14)3-9(7)22(15,16)17/h1-4H,(H,12,13,14)(H,15,16,17)(H,18,19,20). The van der Waals surface area contributed by atoms with Gasteiger partial charge in [-0.2, -0.15) is 25.3 Å². The summed E-state index contributed by atoms with van der Waals surface area (Å²) in [5.74, 6) is 0. The molecule has 9 nitrogen and oxygen atoms in total. The quantitative estimate of drug-likeness (QED) is 0.589. The summed E-state index contributed by atoms with van der Waals surface area (Å²) in [7, 11) is -14.4. The van der Waals surface area contributed by atoms with Crippen LogP contribution in [-0.4, -0.2) is 38.9 Å². The molecule has 0 heterocycles. The minimum Gasteiger partial charge on any atom is -0.282 e. The molecule has 13 heteroatoms. The van der Waals surface area contributed by atoms with Crippen LogP contribution in [0, 0.1) is 0 Å². The molecule has 0 saturated carbocycles. The molecular formula is C10H7BrO9S3. The molecule has 23 heavy (non-hydrogen) atoms. The van der Waals surface area contributed by atoms with Crippen LogP contribution in [0.5, 0.6) is 0 Å². The second-order valence-corrected chi connectivity index (χ2v) is 9.41. The average molecular weight is 447 g/mol. The van der Waals surface area contributed by atoms with Gasteiger partial charge in [-0.1, -0.05) is 0 Å². The van der Waals surface area contributed by atoms with Crippen LogP contribution in [0.25, 0.3) is 10.8 Å². The predicted molar refractivity (Wildman–Crippen MR) is 81.1 cm³/mol. The summed E-state index contributed by atoms with van der Waals surface area (Å²) >= 11 is 2.83. The van der Waals surface area contributed by atoms with Crippen molar-refractivity contribution < 1.29 is 38.9 Å². The zero-order valence-electron chi connectivity index (χ0n) is 10.7. The Morgan fingerprint density at radius 3 is 1.65 bits per heavy atom. The Morgan fingerprint density at radius 1 is 0.696 bits per heavy atom. The molecule has 0 bridgehead atoms. The summed E-state index contributed by atoms with van der Waals surface area (Å²) in [4.78, 5) is -2.38. The fourth-order valence-electron chi connectivity index (χ4n) is 1.86. The van der Waals surface area contributed by atoms with Crippen LogP contribution in [0.4, 0.5) is 0 Å². The first-order valence-electron chi connectivity index (χ1n) is 5.41. The third-order valence-electron chi connectivity index (χ3n) is 2.79. The van der Waals surface area contributed by atoms with Gasteiger partial charge >= 0.3 is 0 Å². The van der Waals surface area contributed by atoms with Crippen LogP contribution in [0.1, 0.15) is 0 Å². The smallest absolute Gasteiger partial charge is 0.282 e. The van der Waals surface area contributed by atoms with Crippen molar-refractivity contribution in [3.63, 3.8) is 0 Å². The van der Waals surface area contributed by atoms with E-state index in [-0.39, 0.29) is 15.2 Å². The van der Waals surface area contributed by atoms with Crippen molar-refractivity contribution in [2.75, 3.05) is 0 Å². The molecule has 0 aliphatic heterocycles. The van der Waals surface area contributed by atoms with E-state index in [2.05, 4.69) is 15.9 Å². The van der Waals surface area contributed by atoms with Crippen LogP contribution in [-0.2, 0) is 30.4 Å². The number of fused-ring (bicyclic) bond motifs is 1. The van der Waals surface area contributed by atoms with E-state index in [1.807, 2.05) is 0 Å². The molecular weight excluding hydrogens is 440 g/mol. The molecule has 0 fully saturated rings. The van der Waals surface area contributed by atoms with Crippen LogP contribution in [0.15, 0.2) is 43.4 Å². The van der Waals surface area contributed by atoms with Gasteiger partial charge in [0.1, 0.15) is 9.79 Å². The second-order valence-electron chi connectivity index (χ2n) is 4.35. The molecule has 126 valence electrons. The SMILES string of the molecule is O=S(=O)(O)c1cc(S(=O)(=O)O)c2cc(Br)c(S(=O)(=O)O)cc2c1. The molecule has 2 rings (SSSR count). The Morgan fingerprint density at radius 2 is 1.22 bits per heavy atom. The highest BCUT2D eigenvalue weighted by atomic mass is 79.9. The zero-order valence-corrected chi connectivity index (χ0v) is 14.7. The molecule has 0 unspecified atom stereocenters. The van der Waals surface area contributed by atoms with Crippen molar-refractivity contribution in [1.82, 2.24) is 0 Å². The summed E-state index contributed by atoms with van der Waals surface area (Å²) in [6.07, 6.45) is 0. The summed E-state index contributed by atoms with van der Waals surface area (Å²) in [5, 5.41) is -0.484. The number of hydrogen-bond donors (Lipinski definition) is 3.